The molecule has 1 fully saturated rings. The highest BCUT2D eigenvalue weighted by molar-refractivity contribution is 5.76. The fourth-order valence-corrected chi connectivity index (χ4v) is 2.88. The van der Waals surface area contributed by atoms with E-state index >= 15 is 0 Å². The lowest BCUT2D eigenvalue weighted by molar-refractivity contribution is -0.133. The molecule has 0 aromatic carbocycles. The molecule has 2 heterocycles. The zero-order valence-electron chi connectivity index (χ0n) is 15.6. The first-order chi connectivity index (χ1) is 11.7. The number of rotatable bonds is 5. The van der Waals surface area contributed by atoms with E-state index in [1.165, 1.54) is 6.33 Å². The van der Waals surface area contributed by atoms with Gasteiger partial charge in [0.25, 0.3) is 0 Å². The maximum atomic E-state index is 12.3. The van der Waals surface area contributed by atoms with Gasteiger partial charge in [-0.2, -0.15) is 5.10 Å². The summed E-state index contributed by atoms with van der Waals surface area (Å²) in [5.41, 5.74) is -0.481. The molecular formula is C17H29N5O3. The van der Waals surface area contributed by atoms with Gasteiger partial charge >= 0.3 is 6.09 Å². The number of piperidine rings is 1. The first kappa shape index (κ1) is 19.2. The normalized spacial score (nSPS) is 15.9. The highest BCUT2D eigenvalue weighted by atomic mass is 16.6. The minimum Gasteiger partial charge on any atom is -0.444 e. The van der Waals surface area contributed by atoms with Gasteiger partial charge in [-0.1, -0.05) is 0 Å². The molecule has 1 saturated heterocycles. The van der Waals surface area contributed by atoms with Gasteiger partial charge in [0.15, 0.2) is 0 Å². The van der Waals surface area contributed by atoms with E-state index in [-0.39, 0.29) is 12.0 Å². The second kappa shape index (κ2) is 8.31. The number of likely N-dealkylation sites (tertiary alicyclic amines) is 1. The smallest absolute Gasteiger partial charge is 0.410 e. The Morgan fingerprint density at radius 2 is 1.96 bits per heavy atom. The molecule has 0 saturated carbocycles. The van der Waals surface area contributed by atoms with Crippen molar-refractivity contribution in [3.8, 4) is 0 Å². The third-order valence-corrected chi connectivity index (χ3v) is 4.23. The third-order valence-electron chi connectivity index (χ3n) is 4.23. The maximum absolute atomic E-state index is 12.3. The largest absolute Gasteiger partial charge is 0.444 e. The van der Waals surface area contributed by atoms with Gasteiger partial charge in [-0.05, 0) is 39.5 Å². The Morgan fingerprint density at radius 1 is 1.28 bits per heavy atom. The number of carbonyl (C=O) groups excluding carboxylic acids is 2. The van der Waals surface area contributed by atoms with Crippen molar-refractivity contribution in [3.63, 3.8) is 0 Å². The zero-order valence-corrected chi connectivity index (χ0v) is 15.6. The molecule has 0 unspecified atom stereocenters. The number of hydrogen-bond donors (Lipinski definition) is 0. The molecule has 0 bridgehead atoms. The van der Waals surface area contributed by atoms with Crippen LogP contribution in [0.25, 0.3) is 0 Å². The monoisotopic (exact) mass is 351 g/mol. The van der Waals surface area contributed by atoms with Crippen LogP contribution in [0.4, 0.5) is 4.79 Å². The molecule has 1 aromatic heterocycles. The predicted molar refractivity (Wildman–Crippen MR) is 92.8 cm³/mol. The lowest BCUT2D eigenvalue weighted by Crippen LogP contribution is -2.43. The van der Waals surface area contributed by atoms with Crippen LogP contribution in [0.5, 0.6) is 0 Å². The third kappa shape index (κ3) is 6.36. The van der Waals surface area contributed by atoms with Gasteiger partial charge in [-0.25, -0.2) is 9.78 Å². The molecule has 1 aromatic rings. The molecule has 1 aliphatic heterocycles. The molecular weight excluding hydrogens is 322 g/mol. The number of aromatic nitrogens is 3. The molecule has 8 heteroatoms. The molecule has 1 aliphatic rings. The van der Waals surface area contributed by atoms with Gasteiger partial charge in [0, 0.05) is 33.1 Å². The van der Waals surface area contributed by atoms with E-state index < -0.39 is 5.60 Å². The Bertz CT molecular complexity index is 559. The Morgan fingerprint density at radius 3 is 2.52 bits per heavy atom. The van der Waals surface area contributed by atoms with Crippen LogP contribution < -0.4 is 0 Å². The first-order valence-electron chi connectivity index (χ1n) is 8.79. The molecule has 25 heavy (non-hydrogen) atoms. The standard InChI is InChI=1S/C17H29N5O3/c1-17(2,3)25-16(24)20(4)11-14-5-8-21(9-6-14)15(23)7-10-22-13-18-12-19-22/h12-14H,5-11H2,1-4H3. The van der Waals surface area contributed by atoms with E-state index in [0.29, 0.717) is 25.4 Å². The molecule has 140 valence electrons. The van der Waals surface area contributed by atoms with Crippen LogP contribution in [-0.2, 0) is 16.1 Å². The summed E-state index contributed by atoms with van der Waals surface area (Å²) in [6.07, 6.45) is 5.04. The van der Waals surface area contributed by atoms with E-state index in [2.05, 4.69) is 10.1 Å². The van der Waals surface area contributed by atoms with Crippen molar-refractivity contribution in [2.75, 3.05) is 26.7 Å². The summed E-state index contributed by atoms with van der Waals surface area (Å²) in [7, 11) is 1.77. The van der Waals surface area contributed by atoms with Crippen molar-refractivity contribution in [3.05, 3.63) is 12.7 Å². The van der Waals surface area contributed by atoms with Gasteiger partial charge in [-0.15, -0.1) is 0 Å². The Kier molecular flexibility index (Phi) is 6.39. The molecule has 2 amide bonds. The molecule has 8 nitrogen and oxygen atoms in total. The number of carbonyl (C=O) groups is 2. The van der Waals surface area contributed by atoms with Crippen LogP contribution in [0.3, 0.4) is 0 Å². The van der Waals surface area contributed by atoms with Gasteiger partial charge in [0.1, 0.15) is 18.3 Å². The Balaban J connectivity index is 1.70. The lowest BCUT2D eigenvalue weighted by atomic mass is 9.96. The van der Waals surface area contributed by atoms with Crippen LogP contribution in [0.15, 0.2) is 12.7 Å². The Hall–Kier alpha value is -2.12. The first-order valence-corrected chi connectivity index (χ1v) is 8.79. The molecule has 0 radical (unpaired) electrons. The van der Waals surface area contributed by atoms with Crippen molar-refractivity contribution >= 4 is 12.0 Å². The minimum atomic E-state index is -0.481. The Labute approximate surface area is 149 Å². The molecule has 0 spiro atoms. The second-order valence-electron chi connectivity index (χ2n) is 7.59. The summed E-state index contributed by atoms with van der Waals surface area (Å²) in [6.45, 7) is 8.29. The maximum Gasteiger partial charge on any atom is 0.410 e. The van der Waals surface area contributed by atoms with Crippen LogP contribution in [0.2, 0.25) is 0 Å². The zero-order chi connectivity index (χ0) is 18.4. The van der Waals surface area contributed by atoms with Crippen LogP contribution >= 0.6 is 0 Å². The van der Waals surface area contributed by atoms with Crippen molar-refractivity contribution < 1.29 is 14.3 Å². The van der Waals surface area contributed by atoms with Gasteiger partial charge in [-0.3, -0.25) is 9.48 Å². The van der Waals surface area contributed by atoms with Crippen LogP contribution in [0.1, 0.15) is 40.0 Å². The van der Waals surface area contributed by atoms with E-state index in [1.54, 1.807) is 23.0 Å². The summed E-state index contributed by atoms with van der Waals surface area (Å²) >= 11 is 0. The van der Waals surface area contributed by atoms with E-state index in [0.717, 1.165) is 25.9 Å². The van der Waals surface area contributed by atoms with Gasteiger partial charge in [0.2, 0.25) is 5.91 Å². The van der Waals surface area contributed by atoms with Crippen molar-refractivity contribution in [1.29, 1.82) is 0 Å². The summed E-state index contributed by atoms with van der Waals surface area (Å²) in [5, 5.41) is 4.01. The van der Waals surface area contributed by atoms with E-state index in [4.69, 9.17) is 4.74 Å². The molecule has 0 aliphatic carbocycles. The highest BCUT2D eigenvalue weighted by Crippen LogP contribution is 2.20. The lowest BCUT2D eigenvalue weighted by Gasteiger charge is -2.34. The molecule has 0 N–H and O–H groups in total. The fourth-order valence-electron chi connectivity index (χ4n) is 2.88. The SMILES string of the molecule is CN(CC1CCN(C(=O)CCn2cncn2)CC1)C(=O)OC(C)(C)C. The quantitative estimate of drug-likeness (QED) is 0.808. The minimum absolute atomic E-state index is 0.148. The van der Waals surface area contributed by atoms with Gasteiger partial charge < -0.3 is 14.5 Å². The topological polar surface area (TPSA) is 80.6 Å². The van der Waals surface area contributed by atoms with Crippen molar-refractivity contribution in [1.82, 2.24) is 24.6 Å². The van der Waals surface area contributed by atoms with Crippen LogP contribution in [-0.4, -0.2) is 68.8 Å². The summed E-state index contributed by atoms with van der Waals surface area (Å²) < 4.78 is 7.04. The predicted octanol–water partition coefficient (Wildman–Crippen LogP) is 1.77. The van der Waals surface area contributed by atoms with Crippen molar-refractivity contribution in [2.45, 2.75) is 52.2 Å². The number of nitrogens with zero attached hydrogens (tertiary/aromatic N) is 5. The number of amides is 2. The van der Waals surface area contributed by atoms with Crippen molar-refractivity contribution in [2.24, 2.45) is 5.92 Å². The van der Waals surface area contributed by atoms with E-state index in [9.17, 15) is 9.59 Å². The van der Waals surface area contributed by atoms with Crippen LogP contribution in [0, 0.1) is 5.92 Å². The fraction of sp³-hybridized carbons (Fsp3) is 0.765. The number of ether oxygens (including phenoxy) is 1. The van der Waals surface area contributed by atoms with Gasteiger partial charge in [0.05, 0.1) is 6.54 Å². The summed E-state index contributed by atoms with van der Waals surface area (Å²) in [5.74, 6) is 0.548. The molecule has 2 rings (SSSR count). The van der Waals surface area contributed by atoms with E-state index in [1.807, 2.05) is 25.7 Å². The average Bonchev–Trinajstić information content (AvgIpc) is 3.05. The number of aryl methyl sites for hydroxylation is 1. The molecule has 0 atom stereocenters. The average molecular weight is 351 g/mol. The highest BCUT2D eigenvalue weighted by Gasteiger charge is 2.26. The summed E-state index contributed by atoms with van der Waals surface area (Å²) in [6, 6.07) is 0. The summed E-state index contributed by atoms with van der Waals surface area (Å²) in [4.78, 5) is 31.7. The number of hydrogen-bond acceptors (Lipinski definition) is 5. The second-order valence-corrected chi connectivity index (χ2v) is 7.59.